The van der Waals surface area contributed by atoms with Crippen molar-refractivity contribution in [2.24, 2.45) is 5.92 Å². The molecule has 0 bridgehead atoms. The lowest BCUT2D eigenvalue weighted by molar-refractivity contribution is 0.299. The predicted molar refractivity (Wildman–Crippen MR) is 135 cm³/mol. The zero-order valence-corrected chi connectivity index (χ0v) is 20.1. The van der Waals surface area contributed by atoms with Crippen molar-refractivity contribution in [1.29, 1.82) is 0 Å². The molecule has 0 atom stereocenters. The average Bonchev–Trinajstić information content (AvgIpc) is 3.37. The summed E-state index contributed by atoms with van der Waals surface area (Å²) in [5.41, 5.74) is 16.8. The van der Waals surface area contributed by atoms with Crippen LogP contribution in [0.2, 0.25) is 5.02 Å². The zero-order valence-electron chi connectivity index (χ0n) is 19.3. The minimum Gasteiger partial charge on any atom is -0.492 e. The molecule has 4 aromatic rings. The molecular weight excluding hydrogens is 481 g/mol. The summed E-state index contributed by atoms with van der Waals surface area (Å²) in [6, 6.07) is 16.3. The van der Waals surface area contributed by atoms with Crippen LogP contribution in [0.3, 0.4) is 0 Å². The Labute approximate surface area is 212 Å². The molecule has 36 heavy (non-hydrogen) atoms. The maximum atomic E-state index is 14.3. The summed E-state index contributed by atoms with van der Waals surface area (Å²) in [4.78, 5) is 9.39. The molecule has 1 aliphatic carbocycles. The Morgan fingerprint density at radius 2 is 1.89 bits per heavy atom. The summed E-state index contributed by atoms with van der Waals surface area (Å²) in [7, 11) is 0. The number of halogens is 2. The fourth-order valence-electron chi connectivity index (χ4n) is 4.28. The summed E-state index contributed by atoms with van der Waals surface area (Å²) in [5.74, 6) is 0.689. The zero-order chi connectivity index (χ0) is 24.5. The van der Waals surface area contributed by atoms with Gasteiger partial charge in [0.1, 0.15) is 23.4 Å². The minimum atomic E-state index is -0.342. The first kappa shape index (κ1) is 23.1. The van der Waals surface area contributed by atoms with Crippen molar-refractivity contribution in [3.05, 3.63) is 89.1 Å². The van der Waals surface area contributed by atoms with E-state index in [0.29, 0.717) is 41.2 Å². The standard InChI is InChI=1S/C26H25ClFN7O/c27-19-3-1-2-17(10-19)13-35-15-30-24(22-11-18(8-9-29-22)26-31-33-34-32-26)25(35)21-7-6-20(28)12-23(21)36-14-16-4-5-16/h1-3,6-12,15-16,26,31-34H,4-5,13-14H2. The Hall–Kier alpha value is -3.34. The number of rotatable bonds is 8. The van der Waals surface area contributed by atoms with Crippen LogP contribution in [0.15, 0.2) is 67.1 Å². The Morgan fingerprint density at radius 1 is 1.03 bits per heavy atom. The van der Waals surface area contributed by atoms with Crippen LogP contribution in [0, 0.1) is 11.7 Å². The highest BCUT2D eigenvalue weighted by Gasteiger charge is 2.25. The number of imidazole rings is 1. The number of aromatic nitrogens is 3. The van der Waals surface area contributed by atoms with E-state index in [1.807, 2.05) is 41.0 Å². The molecule has 0 amide bonds. The molecule has 184 valence electrons. The third-order valence-electron chi connectivity index (χ3n) is 6.31. The topological polar surface area (TPSA) is 88.1 Å². The Morgan fingerprint density at radius 3 is 2.69 bits per heavy atom. The Balaban J connectivity index is 1.46. The van der Waals surface area contributed by atoms with Gasteiger partial charge in [-0.15, -0.1) is 0 Å². The normalized spacial score (nSPS) is 15.9. The molecular formula is C26H25ClFN7O. The van der Waals surface area contributed by atoms with Gasteiger partial charge in [-0.1, -0.05) is 23.7 Å². The molecule has 2 aromatic heterocycles. The molecule has 0 radical (unpaired) electrons. The highest BCUT2D eigenvalue weighted by Crippen LogP contribution is 2.39. The number of nitrogens with zero attached hydrogens (tertiary/aromatic N) is 3. The van der Waals surface area contributed by atoms with Crippen molar-refractivity contribution in [3.8, 4) is 28.4 Å². The second-order valence-electron chi connectivity index (χ2n) is 9.04. The van der Waals surface area contributed by atoms with Gasteiger partial charge < -0.3 is 9.30 Å². The van der Waals surface area contributed by atoms with E-state index in [1.165, 1.54) is 12.1 Å². The Kier molecular flexibility index (Phi) is 6.39. The quantitative estimate of drug-likeness (QED) is 0.283. The van der Waals surface area contributed by atoms with E-state index in [9.17, 15) is 4.39 Å². The third-order valence-corrected chi connectivity index (χ3v) is 6.54. The molecule has 2 aliphatic rings. The van der Waals surface area contributed by atoms with Gasteiger partial charge in [-0.2, -0.15) is 11.1 Å². The number of hydrazine groups is 3. The van der Waals surface area contributed by atoms with E-state index in [1.54, 1.807) is 18.6 Å². The van der Waals surface area contributed by atoms with Crippen LogP contribution in [0.4, 0.5) is 4.39 Å². The Bertz CT molecular complexity index is 1380. The predicted octanol–water partition coefficient (Wildman–Crippen LogP) is 4.36. The number of benzene rings is 2. The van der Waals surface area contributed by atoms with Gasteiger partial charge in [0, 0.05) is 29.4 Å². The lowest BCUT2D eigenvalue weighted by Crippen LogP contribution is -2.33. The van der Waals surface area contributed by atoms with Gasteiger partial charge in [0.15, 0.2) is 0 Å². The minimum absolute atomic E-state index is 0.146. The van der Waals surface area contributed by atoms with Crippen molar-refractivity contribution < 1.29 is 9.13 Å². The molecule has 10 heteroatoms. The maximum absolute atomic E-state index is 14.3. The summed E-state index contributed by atoms with van der Waals surface area (Å²) in [6.07, 6.45) is 5.68. The molecule has 1 aliphatic heterocycles. The lowest BCUT2D eigenvalue weighted by atomic mass is 10.0. The first-order valence-electron chi connectivity index (χ1n) is 11.8. The van der Waals surface area contributed by atoms with Crippen LogP contribution in [-0.2, 0) is 6.54 Å². The van der Waals surface area contributed by atoms with Crippen molar-refractivity contribution in [2.45, 2.75) is 25.6 Å². The van der Waals surface area contributed by atoms with Crippen molar-refractivity contribution in [1.82, 2.24) is 36.5 Å². The van der Waals surface area contributed by atoms with Crippen LogP contribution in [-0.4, -0.2) is 21.1 Å². The lowest BCUT2D eigenvalue weighted by Gasteiger charge is -2.16. The summed E-state index contributed by atoms with van der Waals surface area (Å²) in [5, 5.41) is 0.665. The van der Waals surface area contributed by atoms with Crippen LogP contribution in [0.1, 0.15) is 30.1 Å². The largest absolute Gasteiger partial charge is 0.492 e. The highest BCUT2D eigenvalue weighted by molar-refractivity contribution is 6.30. The molecule has 4 N–H and O–H groups in total. The first-order chi connectivity index (χ1) is 17.6. The SMILES string of the molecule is Fc1ccc(-c2c(-c3cc(C4NNNN4)ccn3)ncn2Cc2cccc(Cl)c2)c(OCC2CC2)c1. The molecule has 3 heterocycles. The number of hydrogen-bond acceptors (Lipinski definition) is 7. The van der Waals surface area contributed by atoms with Gasteiger partial charge in [0.05, 0.1) is 24.3 Å². The van der Waals surface area contributed by atoms with Gasteiger partial charge >= 0.3 is 0 Å². The van der Waals surface area contributed by atoms with E-state index in [0.717, 1.165) is 35.2 Å². The van der Waals surface area contributed by atoms with E-state index in [-0.39, 0.29) is 12.0 Å². The van der Waals surface area contributed by atoms with E-state index < -0.39 is 0 Å². The number of hydrogen-bond donors (Lipinski definition) is 4. The molecule has 0 unspecified atom stereocenters. The van der Waals surface area contributed by atoms with Crippen molar-refractivity contribution in [3.63, 3.8) is 0 Å². The van der Waals surface area contributed by atoms with Crippen LogP contribution in [0.25, 0.3) is 22.6 Å². The summed E-state index contributed by atoms with van der Waals surface area (Å²) in [6.45, 7) is 1.10. The van der Waals surface area contributed by atoms with Gasteiger partial charge in [0.2, 0.25) is 0 Å². The fourth-order valence-corrected chi connectivity index (χ4v) is 4.50. The van der Waals surface area contributed by atoms with Crippen molar-refractivity contribution >= 4 is 11.6 Å². The van der Waals surface area contributed by atoms with Gasteiger partial charge in [0.25, 0.3) is 0 Å². The second kappa shape index (κ2) is 9.96. The number of ether oxygens (including phenoxy) is 1. The van der Waals surface area contributed by atoms with Gasteiger partial charge in [-0.25, -0.2) is 20.2 Å². The monoisotopic (exact) mass is 505 g/mol. The van der Waals surface area contributed by atoms with Crippen LogP contribution in [0.5, 0.6) is 5.75 Å². The van der Waals surface area contributed by atoms with Gasteiger partial charge in [-0.3, -0.25) is 4.98 Å². The molecule has 8 nitrogen and oxygen atoms in total. The number of pyridine rings is 1. The second-order valence-corrected chi connectivity index (χ2v) is 9.48. The number of nitrogens with one attached hydrogen (secondary N) is 4. The van der Waals surface area contributed by atoms with Crippen molar-refractivity contribution in [2.75, 3.05) is 6.61 Å². The fraction of sp³-hybridized carbons (Fsp3) is 0.231. The highest BCUT2D eigenvalue weighted by atomic mass is 35.5. The third kappa shape index (κ3) is 4.97. The molecule has 1 saturated heterocycles. The summed E-state index contributed by atoms with van der Waals surface area (Å²) < 4.78 is 22.5. The van der Waals surface area contributed by atoms with E-state index in [4.69, 9.17) is 21.3 Å². The molecule has 2 aromatic carbocycles. The molecule has 6 rings (SSSR count). The maximum Gasteiger partial charge on any atom is 0.131 e. The molecule has 1 saturated carbocycles. The molecule has 0 spiro atoms. The smallest absolute Gasteiger partial charge is 0.131 e. The summed E-state index contributed by atoms with van der Waals surface area (Å²) >= 11 is 6.25. The van der Waals surface area contributed by atoms with Crippen LogP contribution < -0.4 is 26.7 Å². The van der Waals surface area contributed by atoms with Gasteiger partial charge in [-0.05, 0) is 66.3 Å². The first-order valence-corrected chi connectivity index (χ1v) is 12.2. The average molecular weight is 506 g/mol. The van der Waals surface area contributed by atoms with E-state index >= 15 is 0 Å². The molecule has 2 fully saturated rings. The van der Waals surface area contributed by atoms with Crippen LogP contribution >= 0.6 is 11.6 Å². The van der Waals surface area contributed by atoms with E-state index in [2.05, 4.69) is 26.9 Å².